The van der Waals surface area contributed by atoms with Gasteiger partial charge in [-0.05, 0) is 25.5 Å². The van der Waals surface area contributed by atoms with Crippen molar-refractivity contribution in [1.82, 2.24) is 10.1 Å². The van der Waals surface area contributed by atoms with Crippen molar-refractivity contribution in [2.45, 2.75) is 39.2 Å². The number of carbonyl (C=O) groups is 1. The fourth-order valence-electron chi connectivity index (χ4n) is 2.47. The summed E-state index contributed by atoms with van der Waals surface area (Å²) in [5.74, 6) is 0.874. The van der Waals surface area contributed by atoms with Crippen molar-refractivity contribution in [3.63, 3.8) is 0 Å². The number of hydrogen-bond acceptors (Lipinski definition) is 5. The predicted molar refractivity (Wildman–Crippen MR) is 83.9 cm³/mol. The van der Waals surface area contributed by atoms with Gasteiger partial charge >= 0.3 is 6.01 Å². The second kappa shape index (κ2) is 5.79. The Hall–Kier alpha value is -2.37. The van der Waals surface area contributed by atoms with Crippen molar-refractivity contribution in [3.8, 4) is 0 Å². The molecule has 6 nitrogen and oxygen atoms in total. The molecule has 2 aromatic rings. The van der Waals surface area contributed by atoms with E-state index in [0.717, 1.165) is 5.69 Å². The van der Waals surface area contributed by atoms with Crippen LogP contribution in [0.25, 0.3) is 0 Å². The highest BCUT2D eigenvalue weighted by atomic mass is 16.5. The van der Waals surface area contributed by atoms with Crippen LogP contribution in [0.3, 0.4) is 0 Å². The third-order valence-corrected chi connectivity index (χ3v) is 3.81. The number of hydrogen-bond donors (Lipinski definition) is 1. The minimum absolute atomic E-state index is 0.0353. The molecule has 1 N–H and O–H groups in total. The van der Waals surface area contributed by atoms with Gasteiger partial charge in [0.2, 0.25) is 5.91 Å². The highest BCUT2D eigenvalue weighted by molar-refractivity contribution is 6.00. The second-order valence-corrected chi connectivity index (χ2v) is 5.92. The van der Waals surface area contributed by atoms with Gasteiger partial charge in [-0.3, -0.25) is 4.79 Å². The van der Waals surface area contributed by atoms with Gasteiger partial charge in [0, 0.05) is 18.2 Å². The molecule has 0 radical (unpaired) electrons. The number of amides is 1. The first kappa shape index (κ1) is 14.6. The van der Waals surface area contributed by atoms with Crippen LogP contribution in [0.4, 0.5) is 11.7 Å². The van der Waals surface area contributed by atoms with Crippen LogP contribution in [-0.2, 0) is 4.79 Å². The average molecular weight is 300 g/mol. The normalized spacial score (nSPS) is 18.3. The minimum atomic E-state index is -0.318. The zero-order valence-electron chi connectivity index (χ0n) is 13.0. The van der Waals surface area contributed by atoms with Crippen LogP contribution in [0.15, 0.2) is 28.8 Å². The maximum Gasteiger partial charge on any atom is 0.322 e. The molecular formula is C16H20N4O2. The summed E-state index contributed by atoms with van der Waals surface area (Å²) >= 11 is 0. The molecule has 1 saturated heterocycles. The molecule has 0 aliphatic carbocycles. The molecule has 116 valence electrons. The molecule has 3 rings (SSSR count). The summed E-state index contributed by atoms with van der Waals surface area (Å²) in [6.45, 7) is 6.70. The van der Waals surface area contributed by atoms with Gasteiger partial charge in [0.1, 0.15) is 6.04 Å². The van der Waals surface area contributed by atoms with Gasteiger partial charge in [0.05, 0.1) is 0 Å². The summed E-state index contributed by atoms with van der Waals surface area (Å²) in [6.07, 6.45) is 0.714. The number of carbonyl (C=O) groups excluding carboxylic acids is 1. The zero-order chi connectivity index (χ0) is 15.7. The van der Waals surface area contributed by atoms with Crippen LogP contribution in [0, 0.1) is 6.92 Å². The Kier molecular flexibility index (Phi) is 3.83. The molecule has 1 atom stereocenters. The molecule has 1 aromatic carbocycles. The van der Waals surface area contributed by atoms with Crippen LogP contribution in [-0.4, -0.2) is 28.6 Å². The van der Waals surface area contributed by atoms with Crippen LogP contribution in [0.5, 0.6) is 0 Å². The van der Waals surface area contributed by atoms with E-state index < -0.39 is 0 Å². The molecule has 1 aliphatic rings. The first-order valence-electron chi connectivity index (χ1n) is 7.53. The molecule has 0 spiro atoms. The highest BCUT2D eigenvalue weighted by Crippen LogP contribution is 2.24. The fourth-order valence-corrected chi connectivity index (χ4v) is 2.47. The summed E-state index contributed by atoms with van der Waals surface area (Å²) in [5.41, 5.74) is 2.10. The highest BCUT2D eigenvalue weighted by Gasteiger charge is 2.33. The average Bonchev–Trinajstić information content (AvgIpc) is 3.09. The third-order valence-electron chi connectivity index (χ3n) is 3.81. The molecule has 0 saturated carbocycles. The van der Waals surface area contributed by atoms with Gasteiger partial charge in [-0.25, -0.2) is 0 Å². The zero-order valence-corrected chi connectivity index (χ0v) is 13.0. The second-order valence-electron chi connectivity index (χ2n) is 5.92. The first-order chi connectivity index (χ1) is 10.5. The predicted octanol–water partition coefficient (Wildman–Crippen LogP) is 2.72. The molecule has 22 heavy (non-hydrogen) atoms. The minimum Gasteiger partial charge on any atom is -0.326 e. The standard InChI is InChI=1S/C16H20N4O2/c1-10(2)14-18-16(22-19-14)17-13-8-9-20(15(13)21)12-6-4-11(3)5-7-12/h4-7,10,13H,8-9H2,1-3H3,(H,17,18,19). The monoisotopic (exact) mass is 300 g/mol. The van der Waals surface area contributed by atoms with E-state index in [4.69, 9.17) is 4.52 Å². The largest absolute Gasteiger partial charge is 0.326 e. The van der Waals surface area contributed by atoms with Crippen LogP contribution < -0.4 is 10.2 Å². The molecule has 1 aliphatic heterocycles. The lowest BCUT2D eigenvalue weighted by atomic mass is 10.2. The molecular weight excluding hydrogens is 280 g/mol. The molecule has 2 heterocycles. The number of nitrogens with zero attached hydrogens (tertiary/aromatic N) is 3. The van der Waals surface area contributed by atoms with Gasteiger partial charge in [0.25, 0.3) is 0 Å². The Morgan fingerprint density at radius 1 is 1.32 bits per heavy atom. The van der Waals surface area contributed by atoms with Gasteiger partial charge in [0.15, 0.2) is 5.82 Å². The summed E-state index contributed by atoms with van der Waals surface area (Å²) in [4.78, 5) is 18.6. The summed E-state index contributed by atoms with van der Waals surface area (Å²) in [5, 5.41) is 6.94. The van der Waals surface area contributed by atoms with E-state index in [2.05, 4.69) is 15.5 Å². The van der Waals surface area contributed by atoms with Crippen molar-refractivity contribution in [1.29, 1.82) is 0 Å². The van der Waals surface area contributed by atoms with Crippen molar-refractivity contribution in [2.24, 2.45) is 0 Å². The van der Waals surface area contributed by atoms with Gasteiger partial charge in [-0.1, -0.05) is 36.7 Å². The molecule has 1 amide bonds. The lowest BCUT2D eigenvalue weighted by Gasteiger charge is -2.17. The molecule has 1 fully saturated rings. The van der Waals surface area contributed by atoms with E-state index in [1.165, 1.54) is 5.56 Å². The lowest BCUT2D eigenvalue weighted by Crippen LogP contribution is -2.33. The van der Waals surface area contributed by atoms with Gasteiger partial charge < -0.3 is 14.7 Å². The lowest BCUT2D eigenvalue weighted by molar-refractivity contribution is -0.117. The van der Waals surface area contributed by atoms with Crippen LogP contribution >= 0.6 is 0 Å². The molecule has 1 unspecified atom stereocenters. The fraction of sp³-hybridized carbons (Fsp3) is 0.438. The summed E-state index contributed by atoms with van der Waals surface area (Å²) in [6, 6.07) is 7.96. The molecule has 1 aromatic heterocycles. The maximum absolute atomic E-state index is 12.5. The Morgan fingerprint density at radius 3 is 2.68 bits per heavy atom. The van der Waals surface area contributed by atoms with E-state index in [9.17, 15) is 4.79 Å². The SMILES string of the molecule is Cc1ccc(N2CCC(Nc3nc(C(C)C)no3)C2=O)cc1. The van der Waals surface area contributed by atoms with E-state index in [1.807, 2.05) is 45.0 Å². The number of benzene rings is 1. The number of aryl methyl sites for hydroxylation is 1. The van der Waals surface area contributed by atoms with Crippen LogP contribution in [0.1, 0.15) is 37.6 Å². The summed E-state index contributed by atoms with van der Waals surface area (Å²) < 4.78 is 5.15. The molecule has 0 bridgehead atoms. The van der Waals surface area contributed by atoms with Crippen molar-refractivity contribution in [2.75, 3.05) is 16.8 Å². The number of anilines is 2. The number of aromatic nitrogens is 2. The summed E-state index contributed by atoms with van der Waals surface area (Å²) in [7, 11) is 0. The third kappa shape index (κ3) is 2.81. The van der Waals surface area contributed by atoms with Crippen LogP contribution in [0.2, 0.25) is 0 Å². The Morgan fingerprint density at radius 2 is 2.05 bits per heavy atom. The van der Waals surface area contributed by atoms with Gasteiger partial charge in [-0.2, -0.15) is 4.98 Å². The quantitative estimate of drug-likeness (QED) is 0.940. The van der Waals surface area contributed by atoms with E-state index in [-0.39, 0.29) is 17.9 Å². The molecule has 6 heteroatoms. The maximum atomic E-state index is 12.5. The van der Waals surface area contributed by atoms with Crippen molar-refractivity contribution < 1.29 is 9.32 Å². The van der Waals surface area contributed by atoms with E-state index in [1.54, 1.807) is 4.90 Å². The Balaban J connectivity index is 1.69. The van der Waals surface area contributed by atoms with Crippen molar-refractivity contribution in [3.05, 3.63) is 35.7 Å². The Bertz CT molecular complexity index is 663. The number of nitrogens with one attached hydrogen (secondary N) is 1. The van der Waals surface area contributed by atoms with E-state index >= 15 is 0 Å². The van der Waals surface area contributed by atoms with Gasteiger partial charge in [-0.15, -0.1) is 0 Å². The Labute approximate surface area is 129 Å². The topological polar surface area (TPSA) is 71.3 Å². The first-order valence-corrected chi connectivity index (χ1v) is 7.53. The van der Waals surface area contributed by atoms with E-state index in [0.29, 0.717) is 24.8 Å². The smallest absolute Gasteiger partial charge is 0.322 e. The van der Waals surface area contributed by atoms with Crippen molar-refractivity contribution >= 4 is 17.6 Å². The number of rotatable bonds is 4.